The first-order valence-electron chi connectivity index (χ1n) is 4.35. The van der Waals surface area contributed by atoms with Gasteiger partial charge in [0.2, 0.25) is 0 Å². The molecule has 1 heterocycles. The first kappa shape index (κ1) is 10.1. The van der Waals surface area contributed by atoms with Crippen LogP contribution in [0.1, 0.15) is 37.5 Å². The molecular weight excluding hydrogens is 168 g/mol. The summed E-state index contributed by atoms with van der Waals surface area (Å²) in [6.45, 7) is 4.19. The number of aliphatic hydroxyl groups is 1. The van der Waals surface area contributed by atoms with Crippen LogP contribution >= 0.6 is 0 Å². The number of rotatable bonds is 3. The Morgan fingerprint density at radius 1 is 1.54 bits per heavy atom. The highest BCUT2D eigenvalue weighted by Gasteiger charge is 2.15. The second kappa shape index (κ2) is 3.85. The largest absolute Gasteiger partial charge is 0.384 e. The topological polar surface area (TPSA) is 77.0 Å². The molecule has 0 aromatic carbocycles. The molecule has 0 radical (unpaired) electrons. The van der Waals surface area contributed by atoms with Gasteiger partial charge in [0.15, 0.2) is 11.6 Å². The van der Waals surface area contributed by atoms with Crippen molar-refractivity contribution in [1.82, 2.24) is 14.8 Å². The smallest absolute Gasteiger partial charge is 0.157 e. The normalized spacial score (nSPS) is 13.7. The summed E-state index contributed by atoms with van der Waals surface area (Å²) in [6, 6.07) is 0. The summed E-state index contributed by atoms with van der Waals surface area (Å²) in [5, 5.41) is 13.6. The van der Waals surface area contributed by atoms with Crippen molar-refractivity contribution >= 4 is 0 Å². The zero-order valence-corrected chi connectivity index (χ0v) is 8.23. The average Bonchev–Trinajstić information content (AvgIpc) is 2.46. The van der Waals surface area contributed by atoms with Gasteiger partial charge in [0, 0.05) is 19.5 Å². The van der Waals surface area contributed by atoms with E-state index in [1.54, 1.807) is 11.7 Å². The van der Waals surface area contributed by atoms with E-state index in [0.29, 0.717) is 5.82 Å². The van der Waals surface area contributed by atoms with Gasteiger partial charge in [-0.25, -0.2) is 4.98 Å². The highest BCUT2D eigenvalue weighted by atomic mass is 16.3. The van der Waals surface area contributed by atoms with Crippen molar-refractivity contribution in [1.29, 1.82) is 0 Å². The molecule has 0 saturated carbocycles. The average molecular weight is 184 g/mol. The minimum atomic E-state index is -0.718. The van der Waals surface area contributed by atoms with Crippen molar-refractivity contribution in [3.05, 3.63) is 11.6 Å². The summed E-state index contributed by atoms with van der Waals surface area (Å²) in [4.78, 5) is 4.20. The lowest BCUT2D eigenvalue weighted by Gasteiger charge is -2.04. The fourth-order valence-corrected chi connectivity index (χ4v) is 1.06. The van der Waals surface area contributed by atoms with Crippen LogP contribution in [0.5, 0.6) is 0 Å². The quantitative estimate of drug-likeness (QED) is 0.689. The van der Waals surface area contributed by atoms with Crippen molar-refractivity contribution in [2.24, 2.45) is 12.8 Å². The molecule has 0 amide bonds. The lowest BCUT2D eigenvalue weighted by atomic mass is 10.2. The fraction of sp³-hybridized carbons (Fsp3) is 0.750. The molecule has 74 valence electrons. The van der Waals surface area contributed by atoms with Crippen molar-refractivity contribution in [3.8, 4) is 0 Å². The SMILES string of the molecule is CC(C)c1nc(C(O)CN)n(C)n1. The summed E-state index contributed by atoms with van der Waals surface area (Å²) in [5.74, 6) is 1.54. The molecule has 1 atom stereocenters. The van der Waals surface area contributed by atoms with Gasteiger partial charge in [-0.1, -0.05) is 13.8 Å². The summed E-state index contributed by atoms with van der Waals surface area (Å²) in [5.41, 5.74) is 5.33. The standard InChI is InChI=1S/C8H16N4O/c1-5(2)7-10-8(6(13)4-9)12(3)11-7/h5-6,13H,4,9H2,1-3H3. The molecule has 1 unspecified atom stereocenters. The molecular formula is C8H16N4O. The van der Waals surface area contributed by atoms with E-state index in [-0.39, 0.29) is 12.5 Å². The molecule has 5 heteroatoms. The molecule has 0 saturated heterocycles. The van der Waals surface area contributed by atoms with Crippen LogP contribution in [0.25, 0.3) is 0 Å². The van der Waals surface area contributed by atoms with E-state index in [4.69, 9.17) is 5.73 Å². The van der Waals surface area contributed by atoms with Crippen molar-refractivity contribution in [2.75, 3.05) is 6.54 Å². The van der Waals surface area contributed by atoms with E-state index >= 15 is 0 Å². The van der Waals surface area contributed by atoms with E-state index in [2.05, 4.69) is 10.1 Å². The van der Waals surface area contributed by atoms with Crippen LogP contribution in [-0.4, -0.2) is 26.4 Å². The zero-order valence-electron chi connectivity index (χ0n) is 8.23. The molecule has 0 aliphatic heterocycles. The maximum Gasteiger partial charge on any atom is 0.157 e. The molecule has 0 aliphatic carbocycles. The Kier molecular flexibility index (Phi) is 3.00. The number of aliphatic hydroxyl groups excluding tert-OH is 1. The Hall–Kier alpha value is -0.940. The Balaban J connectivity index is 2.96. The van der Waals surface area contributed by atoms with Gasteiger partial charge in [-0.05, 0) is 0 Å². The number of nitrogens with zero attached hydrogens (tertiary/aromatic N) is 3. The predicted octanol–water partition coefficient (Wildman–Crippen LogP) is -0.0694. The van der Waals surface area contributed by atoms with Gasteiger partial charge in [0.05, 0.1) is 0 Å². The van der Waals surface area contributed by atoms with Crippen LogP contribution in [0.3, 0.4) is 0 Å². The van der Waals surface area contributed by atoms with Crippen molar-refractivity contribution in [2.45, 2.75) is 25.9 Å². The molecule has 1 aromatic rings. The summed E-state index contributed by atoms with van der Waals surface area (Å²) in [7, 11) is 1.76. The molecule has 0 bridgehead atoms. The Bertz CT molecular complexity index is 282. The third-order valence-electron chi connectivity index (χ3n) is 1.85. The molecule has 3 N–H and O–H groups in total. The number of hydrogen-bond donors (Lipinski definition) is 2. The number of nitrogens with two attached hydrogens (primary N) is 1. The lowest BCUT2D eigenvalue weighted by molar-refractivity contribution is 0.171. The second-order valence-corrected chi connectivity index (χ2v) is 3.36. The van der Waals surface area contributed by atoms with Gasteiger partial charge in [-0.3, -0.25) is 4.68 Å². The molecule has 0 aliphatic rings. The number of aromatic nitrogens is 3. The molecule has 13 heavy (non-hydrogen) atoms. The van der Waals surface area contributed by atoms with E-state index in [1.165, 1.54) is 0 Å². The number of aryl methyl sites for hydroxylation is 1. The first-order valence-corrected chi connectivity index (χ1v) is 4.35. The molecule has 1 rings (SSSR count). The van der Waals surface area contributed by atoms with E-state index in [0.717, 1.165) is 5.82 Å². The van der Waals surface area contributed by atoms with Gasteiger partial charge in [0.25, 0.3) is 0 Å². The van der Waals surface area contributed by atoms with Gasteiger partial charge in [0.1, 0.15) is 6.10 Å². The van der Waals surface area contributed by atoms with Gasteiger partial charge >= 0.3 is 0 Å². The van der Waals surface area contributed by atoms with Crippen LogP contribution in [0.4, 0.5) is 0 Å². The third-order valence-corrected chi connectivity index (χ3v) is 1.85. The van der Waals surface area contributed by atoms with Crippen LogP contribution in [0, 0.1) is 0 Å². The van der Waals surface area contributed by atoms with Crippen LogP contribution in [-0.2, 0) is 7.05 Å². The summed E-state index contributed by atoms with van der Waals surface area (Å²) >= 11 is 0. The fourth-order valence-electron chi connectivity index (χ4n) is 1.06. The Morgan fingerprint density at radius 3 is 2.54 bits per heavy atom. The van der Waals surface area contributed by atoms with Crippen LogP contribution in [0.15, 0.2) is 0 Å². The van der Waals surface area contributed by atoms with Crippen molar-refractivity contribution in [3.63, 3.8) is 0 Å². The Labute approximate surface area is 77.6 Å². The predicted molar refractivity (Wildman–Crippen MR) is 49.1 cm³/mol. The molecule has 0 spiro atoms. The van der Waals surface area contributed by atoms with Crippen LogP contribution in [0.2, 0.25) is 0 Å². The highest BCUT2D eigenvalue weighted by Crippen LogP contribution is 2.13. The van der Waals surface area contributed by atoms with E-state index in [1.807, 2.05) is 13.8 Å². The van der Waals surface area contributed by atoms with E-state index in [9.17, 15) is 5.11 Å². The monoisotopic (exact) mass is 184 g/mol. The highest BCUT2D eigenvalue weighted by molar-refractivity contribution is 4.99. The maximum absolute atomic E-state index is 9.46. The summed E-state index contributed by atoms with van der Waals surface area (Å²) < 4.78 is 1.58. The maximum atomic E-state index is 9.46. The van der Waals surface area contributed by atoms with Crippen molar-refractivity contribution < 1.29 is 5.11 Å². The molecule has 1 aromatic heterocycles. The van der Waals surface area contributed by atoms with Crippen LogP contribution < -0.4 is 5.73 Å². The third kappa shape index (κ3) is 2.05. The van der Waals surface area contributed by atoms with Gasteiger partial charge in [-0.15, -0.1) is 0 Å². The van der Waals surface area contributed by atoms with E-state index < -0.39 is 6.10 Å². The zero-order chi connectivity index (χ0) is 10.0. The minimum absolute atomic E-state index is 0.171. The molecule has 5 nitrogen and oxygen atoms in total. The first-order chi connectivity index (χ1) is 6.06. The van der Waals surface area contributed by atoms with Gasteiger partial charge < -0.3 is 10.8 Å². The van der Waals surface area contributed by atoms with Gasteiger partial charge in [-0.2, -0.15) is 5.10 Å². The summed E-state index contributed by atoms with van der Waals surface area (Å²) in [6.07, 6.45) is -0.718. The number of hydrogen-bond acceptors (Lipinski definition) is 4. The Morgan fingerprint density at radius 2 is 2.15 bits per heavy atom. The molecule has 0 fully saturated rings. The lowest BCUT2D eigenvalue weighted by Crippen LogP contribution is -2.16. The second-order valence-electron chi connectivity index (χ2n) is 3.36. The minimum Gasteiger partial charge on any atom is -0.384 e.